The quantitative estimate of drug-likeness (QED) is 0.497. The van der Waals surface area contributed by atoms with Crippen molar-refractivity contribution in [3.8, 4) is 0 Å². The third-order valence-electron chi connectivity index (χ3n) is 1.15. The molecule has 0 aliphatic rings. The van der Waals surface area contributed by atoms with Gasteiger partial charge in [0.1, 0.15) is 0 Å². The second kappa shape index (κ2) is 4.98. The Kier molecular flexibility index (Phi) is 4.64. The molecule has 0 aromatic carbocycles. The van der Waals surface area contributed by atoms with Gasteiger partial charge in [0.15, 0.2) is 0 Å². The van der Waals surface area contributed by atoms with Gasteiger partial charge in [0.25, 0.3) is 0 Å². The molecule has 2 N–H and O–H groups in total. The summed E-state index contributed by atoms with van der Waals surface area (Å²) < 4.78 is 26.1. The van der Waals surface area contributed by atoms with E-state index in [0.717, 1.165) is 0 Å². The van der Waals surface area contributed by atoms with E-state index in [1.54, 1.807) is 0 Å². The fourth-order valence-electron chi connectivity index (χ4n) is 0.488. The van der Waals surface area contributed by atoms with Crippen LogP contribution in [0.1, 0.15) is 13.3 Å². The van der Waals surface area contributed by atoms with Crippen molar-refractivity contribution in [1.29, 1.82) is 0 Å². The Morgan fingerprint density at radius 2 is 2.08 bits per heavy atom. The van der Waals surface area contributed by atoms with Crippen molar-refractivity contribution >= 4 is 16.1 Å². The van der Waals surface area contributed by atoms with Gasteiger partial charge in [-0.3, -0.25) is 0 Å². The van der Waals surface area contributed by atoms with E-state index in [-0.39, 0.29) is 24.3 Å². The molecule has 0 aliphatic carbocycles. The fraction of sp³-hybridized carbons (Fsp3) is 0.571. The van der Waals surface area contributed by atoms with Crippen LogP contribution in [0.5, 0.6) is 0 Å². The molecule has 76 valence electrons. The molecule has 0 aromatic heterocycles. The molecule has 0 unspecified atom stereocenters. The molecule has 0 heterocycles. The van der Waals surface area contributed by atoms with E-state index in [9.17, 15) is 13.2 Å². The molecule has 0 fully saturated rings. The first kappa shape index (κ1) is 12.1. The maximum atomic E-state index is 11.0. The monoisotopic (exact) mass is 207 g/mol. The molecule has 6 heteroatoms. The molecule has 0 bridgehead atoms. The van der Waals surface area contributed by atoms with Crippen molar-refractivity contribution in [2.75, 3.05) is 12.3 Å². The van der Waals surface area contributed by atoms with Crippen molar-refractivity contribution in [2.45, 2.75) is 13.3 Å². The summed E-state index contributed by atoms with van der Waals surface area (Å²) in [5.41, 5.74) is 5.16. The summed E-state index contributed by atoms with van der Waals surface area (Å²) in [5, 5.41) is 0. The summed E-state index contributed by atoms with van der Waals surface area (Å²) in [6.45, 7) is 4.87. The molecule has 0 saturated heterocycles. The molecule has 0 saturated carbocycles. The highest BCUT2D eigenvalue weighted by atomic mass is 32.2. The molecule has 0 atom stereocenters. The van der Waals surface area contributed by atoms with Gasteiger partial charge in [-0.2, -0.15) is 8.42 Å². The van der Waals surface area contributed by atoms with Crippen molar-refractivity contribution < 1.29 is 17.4 Å². The predicted octanol–water partition coefficient (Wildman–Crippen LogP) is -0.216. The van der Waals surface area contributed by atoms with Crippen LogP contribution >= 0.6 is 0 Å². The second-order valence-corrected chi connectivity index (χ2v) is 4.25. The summed E-state index contributed by atoms with van der Waals surface area (Å²) in [5.74, 6) is -1.17. The van der Waals surface area contributed by atoms with Crippen molar-refractivity contribution in [2.24, 2.45) is 5.73 Å². The van der Waals surface area contributed by atoms with Gasteiger partial charge in [-0.15, -0.1) is 0 Å². The molecule has 5 nitrogen and oxygen atoms in total. The zero-order chi connectivity index (χ0) is 10.5. The first-order valence-corrected chi connectivity index (χ1v) is 5.29. The van der Waals surface area contributed by atoms with Gasteiger partial charge < -0.3 is 9.92 Å². The Morgan fingerprint density at radius 1 is 1.54 bits per heavy atom. The summed E-state index contributed by atoms with van der Waals surface area (Å²) in [6.07, 6.45) is 0.270. The van der Waals surface area contributed by atoms with E-state index in [2.05, 4.69) is 10.8 Å². The van der Waals surface area contributed by atoms with Crippen LogP contribution in [0, 0.1) is 0 Å². The first-order chi connectivity index (χ1) is 5.89. The van der Waals surface area contributed by atoms with Crippen LogP contribution < -0.4 is 5.73 Å². The van der Waals surface area contributed by atoms with E-state index in [4.69, 9.17) is 5.73 Å². The van der Waals surface area contributed by atoms with Gasteiger partial charge in [0, 0.05) is 5.57 Å². The van der Waals surface area contributed by atoms with Gasteiger partial charge in [-0.1, -0.05) is 6.58 Å². The Hall–Kier alpha value is -0.880. The number of rotatable bonds is 5. The highest BCUT2D eigenvalue weighted by molar-refractivity contribution is 7.87. The van der Waals surface area contributed by atoms with Gasteiger partial charge in [0.05, 0.1) is 5.75 Å². The molecule has 0 aromatic rings. The van der Waals surface area contributed by atoms with Gasteiger partial charge in [-0.05, 0) is 19.9 Å². The molecule has 0 rings (SSSR count). The van der Waals surface area contributed by atoms with Crippen molar-refractivity contribution in [1.82, 2.24) is 0 Å². The third-order valence-corrected chi connectivity index (χ3v) is 2.34. The average molecular weight is 207 g/mol. The van der Waals surface area contributed by atoms with Crippen molar-refractivity contribution in [3.63, 3.8) is 0 Å². The van der Waals surface area contributed by atoms with Crippen molar-refractivity contribution in [3.05, 3.63) is 12.2 Å². The zero-order valence-corrected chi connectivity index (χ0v) is 8.26. The first-order valence-electron chi connectivity index (χ1n) is 3.71. The minimum Gasteiger partial charge on any atom is -0.342 e. The standard InChI is InChI=1S/C7H13NO4S/c1-6(2)7(9)12-13(10,11)5-3-4-8/h1,3-5,8H2,2H3. The Bertz CT molecular complexity index is 294. The Morgan fingerprint density at radius 3 is 2.46 bits per heavy atom. The topological polar surface area (TPSA) is 86.5 Å². The average Bonchev–Trinajstić information content (AvgIpc) is 2.00. The maximum Gasteiger partial charge on any atom is 0.348 e. The number of carbonyl (C=O) groups is 1. The summed E-state index contributed by atoms with van der Waals surface area (Å²) in [4.78, 5) is 10.8. The third kappa shape index (κ3) is 5.37. The zero-order valence-electron chi connectivity index (χ0n) is 7.45. The van der Waals surface area contributed by atoms with Gasteiger partial charge in [0.2, 0.25) is 0 Å². The Balaban J connectivity index is 4.18. The summed E-state index contributed by atoms with van der Waals surface area (Å²) in [6, 6.07) is 0. The van der Waals surface area contributed by atoms with E-state index >= 15 is 0 Å². The van der Waals surface area contributed by atoms with Gasteiger partial charge >= 0.3 is 16.1 Å². The maximum absolute atomic E-state index is 11.0. The minimum atomic E-state index is -3.78. The van der Waals surface area contributed by atoms with E-state index in [0.29, 0.717) is 0 Å². The number of carbonyl (C=O) groups excluding carboxylic acids is 1. The smallest absolute Gasteiger partial charge is 0.342 e. The van der Waals surface area contributed by atoms with E-state index in [1.165, 1.54) is 6.92 Å². The predicted molar refractivity (Wildman–Crippen MR) is 48.4 cm³/mol. The van der Waals surface area contributed by atoms with E-state index < -0.39 is 16.1 Å². The van der Waals surface area contributed by atoms with Crippen LogP contribution in [0.25, 0.3) is 0 Å². The number of hydrogen-bond donors (Lipinski definition) is 1. The molecule has 13 heavy (non-hydrogen) atoms. The molecule has 0 aliphatic heterocycles. The Labute approximate surface area is 77.7 Å². The van der Waals surface area contributed by atoms with Crippen LogP contribution in [0.4, 0.5) is 0 Å². The number of hydrogen-bond acceptors (Lipinski definition) is 5. The molecular weight excluding hydrogens is 194 g/mol. The lowest BCUT2D eigenvalue weighted by molar-refractivity contribution is -0.129. The summed E-state index contributed by atoms with van der Waals surface area (Å²) in [7, 11) is -3.78. The largest absolute Gasteiger partial charge is 0.348 e. The lowest BCUT2D eigenvalue weighted by atomic mass is 10.4. The highest BCUT2D eigenvalue weighted by Crippen LogP contribution is 2.01. The lowest BCUT2D eigenvalue weighted by Gasteiger charge is -2.03. The molecular formula is C7H13NO4S. The van der Waals surface area contributed by atoms with Crippen LogP contribution in [-0.2, 0) is 19.1 Å². The lowest BCUT2D eigenvalue weighted by Crippen LogP contribution is -2.18. The van der Waals surface area contributed by atoms with Crippen LogP contribution in [0.2, 0.25) is 0 Å². The van der Waals surface area contributed by atoms with Crippen LogP contribution in [0.15, 0.2) is 12.2 Å². The molecule has 0 spiro atoms. The van der Waals surface area contributed by atoms with E-state index in [1.807, 2.05) is 0 Å². The van der Waals surface area contributed by atoms with Crippen LogP contribution in [0.3, 0.4) is 0 Å². The summed E-state index contributed by atoms with van der Waals surface area (Å²) >= 11 is 0. The highest BCUT2D eigenvalue weighted by Gasteiger charge is 2.16. The fourth-order valence-corrected chi connectivity index (χ4v) is 1.46. The van der Waals surface area contributed by atoms with Crippen LogP contribution in [-0.4, -0.2) is 26.7 Å². The molecule has 0 amide bonds. The van der Waals surface area contributed by atoms with Gasteiger partial charge in [-0.25, -0.2) is 4.79 Å². The minimum absolute atomic E-state index is 0.0522. The SMILES string of the molecule is C=C(C)C(=O)OS(=O)(=O)CCCN. The number of nitrogens with two attached hydrogens (primary N) is 1. The normalized spacial score (nSPS) is 10.9. The molecule has 0 radical (unpaired) electrons. The second-order valence-electron chi connectivity index (χ2n) is 2.56.